The van der Waals surface area contributed by atoms with Crippen molar-refractivity contribution in [1.29, 1.82) is 0 Å². The number of aromatic nitrogens is 3. The summed E-state index contributed by atoms with van der Waals surface area (Å²) in [7, 11) is 1.61. The fourth-order valence-electron chi connectivity index (χ4n) is 4.13. The lowest BCUT2D eigenvalue weighted by Crippen LogP contribution is -2.29. The topological polar surface area (TPSA) is 87.5 Å². The van der Waals surface area contributed by atoms with Crippen molar-refractivity contribution in [2.45, 2.75) is 51.2 Å². The second kappa shape index (κ2) is 12.7. The number of hydrogen-bond donors (Lipinski definition) is 1. The van der Waals surface area contributed by atoms with Gasteiger partial charge in [0.25, 0.3) is 0 Å². The Bertz CT molecular complexity index is 1240. The first-order valence-corrected chi connectivity index (χ1v) is 13.6. The van der Waals surface area contributed by atoms with Crippen LogP contribution in [0.3, 0.4) is 0 Å². The molecule has 2 aromatic carbocycles. The summed E-state index contributed by atoms with van der Waals surface area (Å²) in [6.45, 7) is 6.82. The number of esters is 1. The molecule has 0 fully saturated rings. The Balaban J connectivity index is 1.65. The van der Waals surface area contributed by atoms with Crippen LogP contribution in [0.1, 0.15) is 50.8 Å². The monoisotopic (exact) mass is 522 g/mol. The Kier molecular flexibility index (Phi) is 9.11. The van der Waals surface area contributed by atoms with Gasteiger partial charge < -0.3 is 19.5 Å². The number of carbonyl (C=O) groups is 1. The van der Waals surface area contributed by atoms with Gasteiger partial charge in [0, 0.05) is 17.9 Å². The van der Waals surface area contributed by atoms with Gasteiger partial charge in [-0.2, -0.15) is 4.98 Å². The Labute approximate surface area is 222 Å². The molecule has 1 aliphatic rings. The van der Waals surface area contributed by atoms with Gasteiger partial charge in [0.05, 0.1) is 25.9 Å². The minimum Gasteiger partial charge on any atom is -0.493 e. The quantitative estimate of drug-likeness (QED) is 0.241. The zero-order valence-corrected chi connectivity index (χ0v) is 22.6. The third-order valence-corrected chi connectivity index (χ3v) is 6.96. The predicted molar refractivity (Wildman–Crippen MR) is 145 cm³/mol. The van der Waals surface area contributed by atoms with Gasteiger partial charge in [-0.25, -0.2) is 9.48 Å². The summed E-state index contributed by atoms with van der Waals surface area (Å²) in [6, 6.07) is 15.4. The van der Waals surface area contributed by atoms with Gasteiger partial charge in [-0.3, -0.25) is 0 Å². The number of benzene rings is 2. The van der Waals surface area contributed by atoms with Crippen LogP contribution < -0.4 is 14.8 Å². The van der Waals surface area contributed by atoms with Crippen LogP contribution in [0.5, 0.6) is 11.5 Å². The van der Waals surface area contributed by atoms with Gasteiger partial charge in [0.1, 0.15) is 6.04 Å². The van der Waals surface area contributed by atoms with Crippen molar-refractivity contribution in [1.82, 2.24) is 14.8 Å². The molecule has 1 aliphatic heterocycles. The number of carbonyl (C=O) groups excluding carboxylic acids is 1. The van der Waals surface area contributed by atoms with Crippen LogP contribution in [-0.4, -0.2) is 46.8 Å². The highest BCUT2D eigenvalue weighted by atomic mass is 32.2. The van der Waals surface area contributed by atoms with Crippen molar-refractivity contribution in [2.24, 2.45) is 0 Å². The molecule has 1 N–H and O–H groups in total. The number of allylic oxidation sites excluding steroid dienone is 1. The first kappa shape index (κ1) is 26.6. The zero-order chi connectivity index (χ0) is 26.2. The largest absolute Gasteiger partial charge is 0.493 e. The molecule has 0 saturated heterocycles. The van der Waals surface area contributed by atoms with Crippen LogP contribution in [0.2, 0.25) is 0 Å². The molecule has 3 aromatic rings. The van der Waals surface area contributed by atoms with E-state index in [0.29, 0.717) is 47.1 Å². The van der Waals surface area contributed by atoms with Crippen molar-refractivity contribution in [3.63, 3.8) is 0 Å². The Morgan fingerprint density at radius 3 is 2.62 bits per heavy atom. The van der Waals surface area contributed by atoms with Crippen LogP contribution in [-0.2, 0) is 16.0 Å². The summed E-state index contributed by atoms with van der Waals surface area (Å²) < 4.78 is 19.1. The fourth-order valence-corrected chi connectivity index (χ4v) is 4.81. The van der Waals surface area contributed by atoms with E-state index in [1.807, 2.05) is 50.2 Å². The number of ether oxygens (including phenoxy) is 3. The molecule has 196 valence electrons. The number of rotatable bonds is 12. The molecule has 9 heteroatoms. The number of fused-ring (bicyclic) bond motifs is 1. The number of methoxy groups -OCH3 is 1. The highest BCUT2D eigenvalue weighted by Gasteiger charge is 2.35. The first-order valence-electron chi connectivity index (χ1n) is 12.6. The maximum Gasteiger partial charge on any atom is 0.338 e. The van der Waals surface area contributed by atoms with Crippen molar-refractivity contribution < 1.29 is 19.0 Å². The molecular weight excluding hydrogens is 488 g/mol. The summed E-state index contributed by atoms with van der Waals surface area (Å²) in [4.78, 5) is 17.9. The lowest BCUT2D eigenvalue weighted by atomic mass is 9.95. The van der Waals surface area contributed by atoms with E-state index >= 15 is 0 Å². The summed E-state index contributed by atoms with van der Waals surface area (Å²) in [5.41, 5.74) is 3.23. The molecular formula is C28H34N4O4S. The zero-order valence-electron chi connectivity index (χ0n) is 21.8. The number of nitrogens with one attached hydrogen (secondary N) is 1. The number of anilines is 1. The second-order valence-electron chi connectivity index (χ2n) is 8.71. The van der Waals surface area contributed by atoms with Crippen LogP contribution in [0, 0.1) is 0 Å². The Hall–Kier alpha value is -3.46. The summed E-state index contributed by atoms with van der Waals surface area (Å²) in [6.07, 6.45) is 2.54. The lowest BCUT2D eigenvalue weighted by Gasteiger charge is -2.28. The van der Waals surface area contributed by atoms with E-state index in [0.717, 1.165) is 30.6 Å². The smallest absolute Gasteiger partial charge is 0.338 e. The minimum absolute atomic E-state index is 0.349. The minimum atomic E-state index is -0.517. The maximum absolute atomic E-state index is 13.2. The molecule has 0 spiro atoms. The molecule has 8 nitrogen and oxygen atoms in total. The van der Waals surface area contributed by atoms with E-state index in [1.165, 1.54) is 5.56 Å². The number of hydrogen-bond acceptors (Lipinski definition) is 8. The fraction of sp³-hybridized carbons (Fsp3) is 0.393. The molecule has 0 radical (unpaired) electrons. The van der Waals surface area contributed by atoms with Gasteiger partial charge in [-0.15, -0.1) is 5.10 Å². The normalized spacial score (nSPS) is 14.6. The van der Waals surface area contributed by atoms with E-state index in [2.05, 4.69) is 29.4 Å². The van der Waals surface area contributed by atoms with Crippen molar-refractivity contribution in [3.8, 4) is 11.5 Å². The molecule has 4 rings (SSSR count). The first-order chi connectivity index (χ1) is 18.0. The molecule has 1 aromatic heterocycles. The van der Waals surface area contributed by atoms with Gasteiger partial charge >= 0.3 is 5.97 Å². The van der Waals surface area contributed by atoms with Crippen molar-refractivity contribution in [3.05, 3.63) is 70.9 Å². The molecule has 0 bridgehead atoms. The van der Waals surface area contributed by atoms with E-state index in [4.69, 9.17) is 19.3 Å². The van der Waals surface area contributed by atoms with Crippen LogP contribution >= 0.6 is 11.8 Å². The van der Waals surface area contributed by atoms with Crippen molar-refractivity contribution in [2.75, 3.05) is 31.4 Å². The third-order valence-electron chi connectivity index (χ3n) is 5.92. The van der Waals surface area contributed by atoms with Gasteiger partial charge in [0.2, 0.25) is 11.1 Å². The average Bonchev–Trinajstić information content (AvgIpc) is 3.32. The standard InChI is InChI=1S/C28H34N4O4S/c1-5-15-36-26(33)24-19(3)29-27-30-28(37-17-6-2)31-32(27)25(24)21-12-13-22(23(18-21)34-4)35-16-14-20-10-8-7-9-11-20/h7-13,18,25H,5-6,14-17H2,1-4H3,(H,29,30,31). The molecule has 1 unspecified atom stereocenters. The summed E-state index contributed by atoms with van der Waals surface area (Å²) in [5.74, 6) is 2.36. The highest BCUT2D eigenvalue weighted by molar-refractivity contribution is 7.99. The average molecular weight is 523 g/mol. The van der Waals surface area contributed by atoms with Crippen LogP contribution in [0.25, 0.3) is 0 Å². The van der Waals surface area contributed by atoms with E-state index in [-0.39, 0.29) is 5.97 Å². The van der Waals surface area contributed by atoms with E-state index < -0.39 is 6.04 Å². The summed E-state index contributed by atoms with van der Waals surface area (Å²) >= 11 is 1.59. The molecule has 1 atom stereocenters. The van der Waals surface area contributed by atoms with Crippen molar-refractivity contribution >= 4 is 23.7 Å². The molecule has 2 heterocycles. The third kappa shape index (κ3) is 6.28. The van der Waals surface area contributed by atoms with E-state index in [1.54, 1.807) is 23.6 Å². The van der Waals surface area contributed by atoms with Gasteiger partial charge in [-0.1, -0.05) is 62.0 Å². The summed E-state index contributed by atoms with van der Waals surface area (Å²) in [5, 5.41) is 8.66. The maximum atomic E-state index is 13.2. The number of thioether (sulfide) groups is 1. The molecule has 0 aliphatic carbocycles. The van der Waals surface area contributed by atoms with Gasteiger partial charge in [-0.05, 0) is 43.0 Å². The molecule has 37 heavy (non-hydrogen) atoms. The predicted octanol–water partition coefficient (Wildman–Crippen LogP) is 5.65. The second-order valence-corrected chi connectivity index (χ2v) is 9.77. The molecule has 0 amide bonds. The van der Waals surface area contributed by atoms with Gasteiger partial charge in [0.15, 0.2) is 11.5 Å². The van der Waals surface area contributed by atoms with Crippen LogP contribution in [0.15, 0.2) is 65.0 Å². The highest BCUT2D eigenvalue weighted by Crippen LogP contribution is 2.40. The molecule has 0 saturated carbocycles. The number of nitrogens with zero attached hydrogens (tertiary/aromatic N) is 3. The van der Waals surface area contributed by atoms with E-state index in [9.17, 15) is 4.79 Å². The lowest BCUT2D eigenvalue weighted by molar-refractivity contribution is -0.139. The Morgan fingerprint density at radius 1 is 1.08 bits per heavy atom. The Morgan fingerprint density at radius 2 is 1.89 bits per heavy atom. The van der Waals surface area contributed by atoms with Crippen LogP contribution in [0.4, 0.5) is 5.95 Å². The SMILES string of the molecule is CCCOC(=O)C1=C(C)Nc2nc(SCCC)nn2C1c1ccc(OCCc2ccccc2)c(OC)c1.